The van der Waals surface area contributed by atoms with Crippen LogP contribution in [0.2, 0.25) is 0 Å². The van der Waals surface area contributed by atoms with Gasteiger partial charge in [0.2, 0.25) is 0 Å². The number of carboxylic acids is 1. The van der Waals surface area contributed by atoms with Gasteiger partial charge >= 0.3 is 12.0 Å². The lowest BCUT2D eigenvalue weighted by Gasteiger charge is -2.33. The molecule has 1 heterocycles. The first-order chi connectivity index (χ1) is 9.90. The molecule has 0 aromatic carbocycles. The number of aliphatic carboxylic acids is 1. The van der Waals surface area contributed by atoms with E-state index in [2.05, 4.69) is 19.2 Å². The Morgan fingerprint density at radius 3 is 2.52 bits per heavy atom. The van der Waals surface area contributed by atoms with Gasteiger partial charge in [0.05, 0.1) is 5.37 Å². The molecule has 0 radical (unpaired) electrons. The lowest BCUT2D eigenvalue weighted by Crippen LogP contribution is -2.54. The number of carbonyl (C=O) groups is 2. The van der Waals surface area contributed by atoms with Crippen molar-refractivity contribution in [3.8, 4) is 0 Å². The zero-order valence-corrected chi connectivity index (χ0v) is 13.5. The van der Waals surface area contributed by atoms with Crippen molar-refractivity contribution in [2.45, 2.75) is 63.4 Å². The van der Waals surface area contributed by atoms with Crippen LogP contribution in [0.25, 0.3) is 0 Å². The first-order valence-corrected chi connectivity index (χ1v) is 8.88. The molecule has 6 heteroatoms. The summed E-state index contributed by atoms with van der Waals surface area (Å²) in [4.78, 5) is 25.7. The fourth-order valence-corrected chi connectivity index (χ4v) is 5.17. The van der Waals surface area contributed by atoms with Crippen molar-refractivity contribution in [1.29, 1.82) is 0 Å². The Bertz CT molecular complexity index is 450. The molecule has 2 N–H and O–H groups in total. The van der Waals surface area contributed by atoms with Crippen molar-refractivity contribution in [2.75, 3.05) is 5.75 Å². The maximum absolute atomic E-state index is 12.7. The van der Waals surface area contributed by atoms with Crippen LogP contribution in [0.1, 0.15) is 46.0 Å². The highest BCUT2D eigenvalue weighted by atomic mass is 32.2. The fourth-order valence-electron chi connectivity index (χ4n) is 3.54. The van der Waals surface area contributed by atoms with Crippen molar-refractivity contribution in [3.05, 3.63) is 0 Å². The van der Waals surface area contributed by atoms with E-state index in [0.717, 1.165) is 32.1 Å². The van der Waals surface area contributed by atoms with Gasteiger partial charge in [-0.3, -0.25) is 4.90 Å². The SMILES string of the molecule is CC1(C)CCCC1NC(=O)N1C(C(=O)O)CSC1C1CC1. The lowest BCUT2D eigenvalue weighted by atomic mass is 9.87. The summed E-state index contributed by atoms with van der Waals surface area (Å²) in [5.74, 6) is 0.117. The molecule has 0 bridgehead atoms. The van der Waals surface area contributed by atoms with E-state index in [-0.39, 0.29) is 22.9 Å². The van der Waals surface area contributed by atoms with E-state index in [1.807, 2.05) is 0 Å². The number of hydrogen-bond acceptors (Lipinski definition) is 3. The van der Waals surface area contributed by atoms with Crippen molar-refractivity contribution >= 4 is 23.8 Å². The summed E-state index contributed by atoms with van der Waals surface area (Å²) in [7, 11) is 0. The molecule has 1 aliphatic heterocycles. The minimum atomic E-state index is -0.883. The summed E-state index contributed by atoms with van der Waals surface area (Å²) in [6.45, 7) is 4.35. The van der Waals surface area contributed by atoms with E-state index in [9.17, 15) is 14.7 Å². The number of carbonyl (C=O) groups excluding carboxylic acids is 1. The predicted molar refractivity (Wildman–Crippen MR) is 82.2 cm³/mol. The summed E-state index contributed by atoms with van der Waals surface area (Å²) < 4.78 is 0. The Labute approximate surface area is 129 Å². The Hall–Kier alpha value is -0.910. The molecule has 0 aromatic heterocycles. The van der Waals surface area contributed by atoms with Gasteiger partial charge in [-0.05, 0) is 37.0 Å². The highest BCUT2D eigenvalue weighted by Crippen LogP contribution is 2.45. The third-order valence-electron chi connectivity index (χ3n) is 5.13. The summed E-state index contributed by atoms with van der Waals surface area (Å²) >= 11 is 1.63. The Morgan fingerprint density at radius 2 is 2.00 bits per heavy atom. The Balaban J connectivity index is 1.72. The first kappa shape index (κ1) is 15.0. The van der Waals surface area contributed by atoms with Crippen LogP contribution >= 0.6 is 11.8 Å². The molecule has 3 unspecified atom stereocenters. The van der Waals surface area contributed by atoms with Crippen LogP contribution in [0.3, 0.4) is 0 Å². The third-order valence-corrected chi connectivity index (χ3v) is 6.60. The molecule has 2 amide bonds. The first-order valence-electron chi connectivity index (χ1n) is 7.83. The maximum Gasteiger partial charge on any atom is 0.327 e. The summed E-state index contributed by atoms with van der Waals surface area (Å²) in [6, 6.07) is -0.695. The smallest absolute Gasteiger partial charge is 0.327 e. The van der Waals surface area contributed by atoms with Gasteiger partial charge in [-0.25, -0.2) is 9.59 Å². The van der Waals surface area contributed by atoms with Crippen molar-refractivity contribution in [1.82, 2.24) is 10.2 Å². The minimum absolute atomic E-state index is 0.0515. The molecular formula is C15H24N2O3S. The quantitative estimate of drug-likeness (QED) is 0.840. The van der Waals surface area contributed by atoms with Crippen LogP contribution in [0.4, 0.5) is 4.79 Å². The van der Waals surface area contributed by atoms with E-state index in [1.165, 1.54) is 0 Å². The molecule has 21 heavy (non-hydrogen) atoms. The second-order valence-corrected chi connectivity index (χ2v) is 8.36. The number of amides is 2. The fraction of sp³-hybridized carbons (Fsp3) is 0.867. The van der Waals surface area contributed by atoms with Gasteiger partial charge in [0, 0.05) is 11.8 Å². The van der Waals surface area contributed by atoms with Crippen molar-refractivity contribution < 1.29 is 14.7 Å². The van der Waals surface area contributed by atoms with Crippen LogP contribution in [-0.2, 0) is 4.79 Å². The molecule has 2 aliphatic carbocycles. The molecule has 3 rings (SSSR count). The predicted octanol–water partition coefficient (Wildman–Crippen LogP) is 2.51. The number of carboxylic acid groups (broad SMARTS) is 1. The third kappa shape index (κ3) is 2.87. The minimum Gasteiger partial charge on any atom is -0.480 e. The summed E-state index contributed by atoms with van der Waals surface area (Å²) in [5.41, 5.74) is 0.107. The molecular weight excluding hydrogens is 288 g/mol. The molecule has 3 aliphatic rings. The van der Waals surface area contributed by atoms with Gasteiger partial charge < -0.3 is 10.4 Å². The van der Waals surface area contributed by atoms with E-state index < -0.39 is 12.0 Å². The van der Waals surface area contributed by atoms with Crippen molar-refractivity contribution in [2.24, 2.45) is 11.3 Å². The number of urea groups is 1. The lowest BCUT2D eigenvalue weighted by molar-refractivity contribution is -0.141. The zero-order chi connectivity index (χ0) is 15.2. The van der Waals surface area contributed by atoms with Crippen molar-refractivity contribution in [3.63, 3.8) is 0 Å². The van der Waals surface area contributed by atoms with Crippen LogP contribution in [0.15, 0.2) is 0 Å². The van der Waals surface area contributed by atoms with Gasteiger partial charge in [-0.2, -0.15) is 0 Å². The molecule has 118 valence electrons. The summed E-state index contributed by atoms with van der Waals surface area (Å²) in [6.07, 6.45) is 5.46. The average molecular weight is 312 g/mol. The number of rotatable bonds is 3. The number of nitrogens with zero attached hydrogens (tertiary/aromatic N) is 1. The van der Waals surface area contributed by atoms with Gasteiger partial charge in [0.1, 0.15) is 6.04 Å². The maximum atomic E-state index is 12.7. The standard InChI is InChI=1S/C15H24N2O3S/c1-15(2)7-3-4-11(15)16-14(20)17-10(13(18)19)8-21-12(17)9-5-6-9/h9-12H,3-8H2,1-2H3,(H,16,20)(H,18,19). The number of thioether (sulfide) groups is 1. The molecule has 0 spiro atoms. The van der Waals surface area contributed by atoms with E-state index in [4.69, 9.17) is 0 Å². The molecule has 3 fully saturated rings. The van der Waals surface area contributed by atoms with Crippen LogP contribution in [0.5, 0.6) is 0 Å². The molecule has 3 atom stereocenters. The Kier molecular flexibility index (Phi) is 3.84. The van der Waals surface area contributed by atoms with Gasteiger partial charge in [0.15, 0.2) is 0 Å². The monoisotopic (exact) mass is 312 g/mol. The van der Waals surface area contributed by atoms with Gasteiger partial charge in [-0.1, -0.05) is 20.3 Å². The van der Waals surface area contributed by atoms with Crippen LogP contribution < -0.4 is 5.32 Å². The highest BCUT2D eigenvalue weighted by Gasteiger charge is 2.49. The van der Waals surface area contributed by atoms with Crippen LogP contribution in [0, 0.1) is 11.3 Å². The normalized spacial score (nSPS) is 35.0. The summed E-state index contributed by atoms with van der Waals surface area (Å²) in [5, 5.41) is 12.6. The Morgan fingerprint density at radius 1 is 1.29 bits per heavy atom. The molecule has 5 nitrogen and oxygen atoms in total. The van der Waals surface area contributed by atoms with Gasteiger partial charge in [-0.15, -0.1) is 11.8 Å². The largest absolute Gasteiger partial charge is 0.480 e. The van der Waals surface area contributed by atoms with E-state index >= 15 is 0 Å². The van der Waals surface area contributed by atoms with E-state index in [1.54, 1.807) is 16.7 Å². The number of nitrogens with one attached hydrogen (secondary N) is 1. The second-order valence-electron chi connectivity index (χ2n) is 7.21. The number of hydrogen-bond donors (Lipinski definition) is 2. The topological polar surface area (TPSA) is 69.6 Å². The van der Waals surface area contributed by atoms with Gasteiger partial charge in [0.25, 0.3) is 0 Å². The van der Waals surface area contributed by atoms with E-state index in [0.29, 0.717) is 11.7 Å². The zero-order valence-electron chi connectivity index (χ0n) is 12.7. The van der Waals surface area contributed by atoms with Crippen LogP contribution in [-0.4, -0.2) is 45.2 Å². The molecule has 0 aromatic rings. The molecule has 1 saturated heterocycles. The second kappa shape index (κ2) is 5.38. The average Bonchev–Trinajstić information content (AvgIpc) is 3.06. The molecule has 2 saturated carbocycles. The highest BCUT2D eigenvalue weighted by molar-refractivity contribution is 8.00.